The SMILES string of the molecule is N[C@@H](CO)C(=O)N1CCCC2(C1)NCNC2=O. The van der Waals surface area contributed by atoms with Gasteiger partial charge >= 0.3 is 0 Å². The Bertz CT molecular complexity index is 336. The van der Waals surface area contributed by atoms with Gasteiger partial charge in [-0.1, -0.05) is 0 Å². The molecule has 0 radical (unpaired) electrons. The number of amides is 2. The number of aliphatic hydroxyl groups is 1. The minimum Gasteiger partial charge on any atom is -0.394 e. The molecule has 2 aliphatic heterocycles. The molecule has 2 aliphatic rings. The average Bonchev–Trinajstić information content (AvgIpc) is 2.69. The third-order valence-electron chi connectivity index (χ3n) is 3.43. The zero-order valence-electron chi connectivity index (χ0n) is 9.61. The van der Waals surface area contributed by atoms with E-state index in [1.807, 2.05) is 0 Å². The van der Waals surface area contributed by atoms with Gasteiger partial charge in [0.05, 0.1) is 13.3 Å². The summed E-state index contributed by atoms with van der Waals surface area (Å²) in [4.78, 5) is 25.2. The Labute approximate surface area is 99.3 Å². The molecule has 2 rings (SSSR count). The fourth-order valence-corrected chi connectivity index (χ4v) is 2.43. The summed E-state index contributed by atoms with van der Waals surface area (Å²) in [5, 5.41) is 14.7. The molecule has 5 N–H and O–H groups in total. The number of nitrogens with zero attached hydrogens (tertiary/aromatic N) is 1. The molecule has 1 spiro atoms. The molecule has 1 unspecified atom stereocenters. The van der Waals surface area contributed by atoms with E-state index in [0.717, 1.165) is 12.8 Å². The van der Waals surface area contributed by atoms with Gasteiger partial charge in [0.2, 0.25) is 11.8 Å². The molecule has 0 bridgehead atoms. The number of nitrogens with two attached hydrogens (primary N) is 1. The lowest BCUT2D eigenvalue weighted by Crippen LogP contribution is -2.61. The van der Waals surface area contributed by atoms with Crippen LogP contribution in [0.2, 0.25) is 0 Å². The van der Waals surface area contributed by atoms with E-state index in [-0.39, 0.29) is 18.4 Å². The quantitative estimate of drug-likeness (QED) is 0.423. The topological polar surface area (TPSA) is 108 Å². The van der Waals surface area contributed by atoms with Gasteiger partial charge in [0.15, 0.2) is 0 Å². The maximum Gasteiger partial charge on any atom is 0.243 e. The van der Waals surface area contributed by atoms with Crippen LogP contribution in [0.15, 0.2) is 0 Å². The number of piperidine rings is 1. The first kappa shape index (κ1) is 12.3. The second-order valence-electron chi connectivity index (χ2n) is 4.59. The van der Waals surface area contributed by atoms with E-state index < -0.39 is 11.6 Å². The van der Waals surface area contributed by atoms with E-state index in [1.165, 1.54) is 0 Å². The van der Waals surface area contributed by atoms with Crippen molar-refractivity contribution in [3.63, 3.8) is 0 Å². The second kappa shape index (κ2) is 4.59. The largest absolute Gasteiger partial charge is 0.394 e. The smallest absolute Gasteiger partial charge is 0.243 e. The second-order valence-corrected chi connectivity index (χ2v) is 4.59. The number of aliphatic hydroxyl groups excluding tert-OH is 1. The molecule has 96 valence electrons. The maximum absolute atomic E-state index is 11.9. The summed E-state index contributed by atoms with van der Waals surface area (Å²) in [5.41, 5.74) is 4.84. The monoisotopic (exact) mass is 242 g/mol. The van der Waals surface area contributed by atoms with Gasteiger partial charge in [-0.15, -0.1) is 0 Å². The average molecular weight is 242 g/mol. The van der Waals surface area contributed by atoms with Gasteiger partial charge in [-0.2, -0.15) is 0 Å². The molecule has 2 fully saturated rings. The highest BCUT2D eigenvalue weighted by Gasteiger charge is 2.46. The van der Waals surface area contributed by atoms with Crippen molar-refractivity contribution in [2.45, 2.75) is 24.4 Å². The van der Waals surface area contributed by atoms with Crippen LogP contribution >= 0.6 is 0 Å². The van der Waals surface area contributed by atoms with E-state index in [0.29, 0.717) is 19.8 Å². The van der Waals surface area contributed by atoms with Crippen LogP contribution in [-0.2, 0) is 9.59 Å². The fourth-order valence-electron chi connectivity index (χ4n) is 2.43. The third-order valence-corrected chi connectivity index (χ3v) is 3.43. The molecule has 2 atom stereocenters. The van der Waals surface area contributed by atoms with Crippen molar-refractivity contribution in [3.8, 4) is 0 Å². The van der Waals surface area contributed by atoms with E-state index in [4.69, 9.17) is 10.8 Å². The van der Waals surface area contributed by atoms with Crippen molar-refractivity contribution in [3.05, 3.63) is 0 Å². The van der Waals surface area contributed by atoms with Gasteiger partial charge in [0, 0.05) is 13.1 Å². The Hall–Kier alpha value is -1.18. The zero-order chi connectivity index (χ0) is 12.5. The molecule has 2 amide bonds. The van der Waals surface area contributed by atoms with Gasteiger partial charge in [0.1, 0.15) is 11.6 Å². The highest BCUT2D eigenvalue weighted by molar-refractivity contribution is 5.90. The number of carbonyl (C=O) groups is 2. The summed E-state index contributed by atoms with van der Waals surface area (Å²) in [6.45, 7) is 0.976. The molecule has 17 heavy (non-hydrogen) atoms. The maximum atomic E-state index is 11.9. The van der Waals surface area contributed by atoms with Crippen LogP contribution in [-0.4, -0.2) is 59.8 Å². The van der Waals surface area contributed by atoms with Crippen molar-refractivity contribution in [1.82, 2.24) is 15.5 Å². The Morgan fingerprint density at radius 3 is 3.00 bits per heavy atom. The zero-order valence-corrected chi connectivity index (χ0v) is 9.61. The number of likely N-dealkylation sites (tertiary alicyclic amines) is 1. The van der Waals surface area contributed by atoms with Crippen molar-refractivity contribution in [2.75, 3.05) is 26.4 Å². The molecular weight excluding hydrogens is 224 g/mol. The molecule has 7 heteroatoms. The number of hydrogen-bond donors (Lipinski definition) is 4. The van der Waals surface area contributed by atoms with Gasteiger partial charge in [0.25, 0.3) is 0 Å². The summed E-state index contributed by atoms with van der Waals surface area (Å²) >= 11 is 0. The summed E-state index contributed by atoms with van der Waals surface area (Å²) in [5.74, 6) is -0.361. The predicted octanol–water partition coefficient (Wildman–Crippen LogP) is -2.66. The summed E-state index contributed by atoms with van der Waals surface area (Å²) in [7, 11) is 0. The van der Waals surface area contributed by atoms with Gasteiger partial charge in [-0.3, -0.25) is 14.9 Å². The van der Waals surface area contributed by atoms with Crippen LogP contribution in [0.1, 0.15) is 12.8 Å². The van der Waals surface area contributed by atoms with Crippen LogP contribution in [0.3, 0.4) is 0 Å². The number of hydrogen-bond acceptors (Lipinski definition) is 5. The molecule has 2 saturated heterocycles. The molecule has 7 nitrogen and oxygen atoms in total. The summed E-state index contributed by atoms with van der Waals surface area (Å²) in [6, 6.07) is -0.894. The molecule has 0 saturated carbocycles. The van der Waals surface area contributed by atoms with Gasteiger partial charge < -0.3 is 21.1 Å². The van der Waals surface area contributed by atoms with Gasteiger partial charge in [-0.05, 0) is 12.8 Å². The van der Waals surface area contributed by atoms with Crippen LogP contribution in [0, 0.1) is 0 Å². The number of rotatable bonds is 2. The number of carbonyl (C=O) groups excluding carboxylic acids is 2. The summed E-state index contributed by atoms with van der Waals surface area (Å²) < 4.78 is 0. The molecule has 0 aliphatic carbocycles. The molecule has 0 aromatic rings. The Morgan fingerprint density at radius 1 is 1.65 bits per heavy atom. The van der Waals surface area contributed by atoms with Crippen molar-refractivity contribution >= 4 is 11.8 Å². The van der Waals surface area contributed by atoms with E-state index in [9.17, 15) is 9.59 Å². The minimum atomic E-state index is -0.894. The lowest BCUT2D eigenvalue weighted by atomic mass is 9.89. The van der Waals surface area contributed by atoms with Crippen molar-refractivity contribution in [1.29, 1.82) is 0 Å². The highest BCUT2D eigenvalue weighted by atomic mass is 16.3. The third kappa shape index (κ3) is 2.13. The first-order chi connectivity index (χ1) is 8.09. The van der Waals surface area contributed by atoms with Gasteiger partial charge in [-0.25, -0.2) is 0 Å². The minimum absolute atomic E-state index is 0.0624. The lowest BCUT2D eigenvalue weighted by Gasteiger charge is -2.39. The molecular formula is C10H18N4O3. The predicted molar refractivity (Wildman–Crippen MR) is 59.8 cm³/mol. The Kier molecular flexibility index (Phi) is 3.32. The highest BCUT2D eigenvalue weighted by Crippen LogP contribution is 2.24. The van der Waals surface area contributed by atoms with E-state index in [1.54, 1.807) is 4.90 Å². The van der Waals surface area contributed by atoms with Crippen molar-refractivity contribution < 1.29 is 14.7 Å². The van der Waals surface area contributed by atoms with Crippen LogP contribution in [0.5, 0.6) is 0 Å². The lowest BCUT2D eigenvalue weighted by molar-refractivity contribution is -0.138. The van der Waals surface area contributed by atoms with Crippen LogP contribution in [0.4, 0.5) is 0 Å². The molecule has 2 heterocycles. The number of nitrogens with one attached hydrogen (secondary N) is 2. The van der Waals surface area contributed by atoms with E-state index in [2.05, 4.69) is 10.6 Å². The normalized spacial score (nSPS) is 30.5. The first-order valence-electron chi connectivity index (χ1n) is 5.78. The fraction of sp³-hybridized carbons (Fsp3) is 0.800. The van der Waals surface area contributed by atoms with E-state index >= 15 is 0 Å². The van der Waals surface area contributed by atoms with Crippen molar-refractivity contribution in [2.24, 2.45) is 5.73 Å². The standard InChI is InChI=1S/C10H18N4O3/c11-7(4-15)8(16)14-3-1-2-10(5-14)9(17)12-6-13-10/h7,13,15H,1-6,11H2,(H,12,17)/t7-,10?/m0/s1. The Balaban J connectivity index is 2.07. The Morgan fingerprint density at radius 2 is 2.41 bits per heavy atom. The van der Waals surface area contributed by atoms with Crippen LogP contribution < -0.4 is 16.4 Å². The van der Waals surface area contributed by atoms with Crippen LogP contribution in [0.25, 0.3) is 0 Å². The molecule has 0 aromatic heterocycles. The summed E-state index contributed by atoms with van der Waals surface area (Å²) in [6.07, 6.45) is 1.47. The molecule has 0 aromatic carbocycles. The first-order valence-corrected chi connectivity index (χ1v) is 5.78.